The van der Waals surface area contributed by atoms with Crippen LogP contribution in [0.5, 0.6) is 0 Å². The Balaban J connectivity index is 1.55. The Morgan fingerprint density at radius 1 is 1.09 bits per heavy atom. The fraction of sp³-hybridized carbons (Fsp3) is 0.118. The molecule has 5 nitrogen and oxygen atoms in total. The van der Waals surface area contributed by atoms with E-state index in [0.29, 0.717) is 5.82 Å². The van der Waals surface area contributed by atoms with Crippen molar-refractivity contribution in [2.24, 2.45) is 0 Å². The van der Waals surface area contributed by atoms with Gasteiger partial charge in [0.05, 0.1) is 5.52 Å². The third-order valence-electron chi connectivity index (χ3n) is 3.79. The largest absolute Gasteiger partial charge is 0.368 e. The zero-order valence-corrected chi connectivity index (χ0v) is 13.0. The molecule has 0 atom stereocenters. The summed E-state index contributed by atoms with van der Waals surface area (Å²) in [4.78, 5) is 16.1. The van der Waals surface area contributed by atoms with E-state index in [1.807, 2.05) is 18.2 Å². The monoisotopic (exact) mass is 323 g/mol. The summed E-state index contributed by atoms with van der Waals surface area (Å²) < 4.78 is 0. The molecule has 0 aliphatic carbocycles. The van der Waals surface area contributed by atoms with Crippen molar-refractivity contribution in [1.82, 2.24) is 19.9 Å². The van der Waals surface area contributed by atoms with Gasteiger partial charge >= 0.3 is 0 Å². The Labute approximate surface area is 137 Å². The van der Waals surface area contributed by atoms with Crippen molar-refractivity contribution in [2.45, 2.75) is 6.42 Å². The molecule has 114 valence electrons. The number of para-hydroxylation sites is 1. The van der Waals surface area contributed by atoms with Crippen molar-refractivity contribution in [3.8, 4) is 0 Å². The maximum atomic E-state index is 5.99. The average Bonchev–Trinajstić information content (AvgIpc) is 2.98. The van der Waals surface area contributed by atoms with Crippen molar-refractivity contribution in [2.75, 3.05) is 11.9 Å². The number of aromatic nitrogens is 4. The molecule has 3 heterocycles. The number of pyridine rings is 1. The molecule has 4 aromatic rings. The van der Waals surface area contributed by atoms with Gasteiger partial charge in [0, 0.05) is 29.8 Å². The molecule has 23 heavy (non-hydrogen) atoms. The van der Waals surface area contributed by atoms with Crippen LogP contribution in [-0.2, 0) is 6.42 Å². The van der Waals surface area contributed by atoms with E-state index >= 15 is 0 Å². The molecule has 0 saturated carbocycles. The molecule has 0 spiro atoms. The van der Waals surface area contributed by atoms with E-state index in [1.165, 1.54) is 10.9 Å². The van der Waals surface area contributed by atoms with Gasteiger partial charge < -0.3 is 10.3 Å². The van der Waals surface area contributed by atoms with Gasteiger partial charge in [0.1, 0.15) is 5.52 Å². The van der Waals surface area contributed by atoms with Gasteiger partial charge in [-0.1, -0.05) is 18.2 Å². The molecule has 0 aliphatic heterocycles. The zero-order valence-electron chi connectivity index (χ0n) is 12.3. The Morgan fingerprint density at radius 2 is 2.00 bits per heavy atom. The van der Waals surface area contributed by atoms with Crippen molar-refractivity contribution >= 4 is 39.4 Å². The van der Waals surface area contributed by atoms with Crippen LogP contribution in [0.15, 0.2) is 48.8 Å². The number of fused-ring (bicyclic) bond motifs is 2. The lowest BCUT2D eigenvalue weighted by Gasteiger charge is -2.08. The van der Waals surface area contributed by atoms with E-state index in [2.05, 4.69) is 49.6 Å². The second-order valence-electron chi connectivity index (χ2n) is 5.25. The van der Waals surface area contributed by atoms with E-state index in [-0.39, 0.29) is 5.28 Å². The lowest BCUT2D eigenvalue weighted by Crippen LogP contribution is -2.08. The molecule has 3 aromatic heterocycles. The van der Waals surface area contributed by atoms with Crippen LogP contribution in [0.3, 0.4) is 0 Å². The van der Waals surface area contributed by atoms with Crippen molar-refractivity contribution < 1.29 is 0 Å². The highest BCUT2D eigenvalue weighted by Gasteiger charge is 2.08. The summed E-state index contributed by atoms with van der Waals surface area (Å²) in [5.74, 6) is 0.667. The maximum absolute atomic E-state index is 5.99. The summed E-state index contributed by atoms with van der Waals surface area (Å²) >= 11 is 5.99. The molecule has 1 aromatic carbocycles. The number of H-pyrrole nitrogens is 1. The van der Waals surface area contributed by atoms with Gasteiger partial charge in [0.15, 0.2) is 5.82 Å². The molecule has 0 aliphatic rings. The quantitative estimate of drug-likeness (QED) is 0.560. The number of rotatable bonds is 4. The number of anilines is 1. The summed E-state index contributed by atoms with van der Waals surface area (Å²) in [7, 11) is 0. The van der Waals surface area contributed by atoms with E-state index in [4.69, 9.17) is 11.6 Å². The molecular weight excluding hydrogens is 310 g/mol. The normalized spacial score (nSPS) is 11.2. The SMILES string of the molecule is Clc1nc(NCCc2c[nH]c3ccccc23)c2ncccc2n1. The van der Waals surface area contributed by atoms with Crippen molar-refractivity contribution in [3.63, 3.8) is 0 Å². The lowest BCUT2D eigenvalue weighted by atomic mass is 10.1. The molecule has 0 fully saturated rings. The average molecular weight is 324 g/mol. The second-order valence-corrected chi connectivity index (χ2v) is 5.59. The first-order chi connectivity index (χ1) is 11.3. The lowest BCUT2D eigenvalue weighted by molar-refractivity contribution is 1.01. The highest BCUT2D eigenvalue weighted by Crippen LogP contribution is 2.21. The fourth-order valence-electron chi connectivity index (χ4n) is 2.72. The second kappa shape index (κ2) is 5.85. The van der Waals surface area contributed by atoms with Crippen molar-refractivity contribution in [1.29, 1.82) is 0 Å². The van der Waals surface area contributed by atoms with Gasteiger partial charge in [-0.15, -0.1) is 0 Å². The number of nitrogens with zero attached hydrogens (tertiary/aromatic N) is 3. The van der Waals surface area contributed by atoms with Gasteiger partial charge in [-0.05, 0) is 41.8 Å². The smallest absolute Gasteiger partial charge is 0.225 e. The van der Waals surface area contributed by atoms with Gasteiger partial charge in [0.25, 0.3) is 0 Å². The molecule has 0 bridgehead atoms. The molecule has 0 unspecified atom stereocenters. The van der Waals surface area contributed by atoms with Crippen LogP contribution in [0.25, 0.3) is 21.9 Å². The predicted molar refractivity (Wildman–Crippen MR) is 92.8 cm³/mol. The summed E-state index contributed by atoms with van der Waals surface area (Å²) in [5, 5.41) is 4.79. The number of benzene rings is 1. The molecular formula is C17H14ClN5. The molecule has 4 rings (SSSR count). The minimum Gasteiger partial charge on any atom is -0.368 e. The number of halogens is 1. The number of hydrogen-bond acceptors (Lipinski definition) is 4. The highest BCUT2D eigenvalue weighted by atomic mass is 35.5. The fourth-order valence-corrected chi connectivity index (χ4v) is 2.89. The van der Waals surface area contributed by atoms with Crippen molar-refractivity contribution in [3.05, 3.63) is 59.6 Å². The van der Waals surface area contributed by atoms with E-state index in [0.717, 1.165) is 29.5 Å². The van der Waals surface area contributed by atoms with Crippen LogP contribution < -0.4 is 5.32 Å². The van der Waals surface area contributed by atoms with Crippen LogP contribution in [0.2, 0.25) is 5.28 Å². The Bertz CT molecular complexity index is 979. The minimum atomic E-state index is 0.222. The molecule has 0 saturated heterocycles. The standard InChI is InChI=1S/C17H14ClN5/c18-17-22-14-6-3-8-19-15(14)16(23-17)20-9-7-11-10-21-13-5-2-1-4-12(11)13/h1-6,8,10,21H,7,9H2,(H,20,22,23). The topological polar surface area (TPSA) is 66.5 Å². The van der Waals surface area contributed by atoms with Gasteiger partial charge in [0.2, 0.25) is 5.28 Å². The molecule has 0 radical (unpaired) electrons. The molecule has 6 heteroatoms. The van der Waals surface area contributed by atoms with Gasteiger partial charge in [-0.25, -0.2) is 4.98 Å². The first kappa shape index (κ1) is 14.0. The van der Waals surface area contributed by atoms with Crippen LogP contribution in [0, 0.1) is 0 Å². The summed E-state index contributed by atoms with van der Waals surface area (Å²) in [5.41, 5.74) is 3.89. The predicted octanol–water partition coefficient (Wildman–Crippen LogP) is 3.81. The third kappa shape index (κ3) is 2.71. The Kier molecular flexibility index (Phi) is 3.55. The van der Waals surface area contributed by atoms with E-state index < -0.39 is 0 Å². The minimum absolute atomic E-state index is 0.222. The summed E-state index contributed by atoms with van der Waals surface area (Å²) in [6.45, 7) is 0.737. The number of hydrogen-bond donors (Lipinski definition) is 2. The zero-order chi connectivity index (χ0) is 15.6. The van der Waals surface area contributed by atoms with Crippen LogP contribution in [0.1, 0.15) is 5.56 Å². The Hall–Kier alpha value is -2.66. The summed E-state index contributed by atoms with van der Waals surface area (Å²) in [6, 6.07) is 12.0. The highest BCUT2D eigenvalue weighted by molar-refractivity contribution is 6.28. The first-order valence-corrected chi connectivity index (χ1v) is 7.76. The number of nitrogens with one attached hydrogen (secondary N) is 2. The summed E-state index contributed by atoms with van der Waals surface area (Å²) in [6.07, 6.45) is 4.65. The third-order valence-corrected chi connectivity index (χ3v) is 3.96. The molecule has 0 amide bonds. The maximum Gasteiger partial charge on any atom is 0.225 e. The van der Waals surface area contributed by atoms with E-state index in [9.17, 15) is 0 Å². The van der Waals surface area contributed by atoms with Crippen LogP contribution in [-0.4, -0.2) is 26.5 Å². The molecule has 2 N–H and O–H groups in total. The Morgan fingerprint density at radius 3 is 2.96 bits per heavy atom. The van der Waals surface area contributed by atoms with Gasteiger partial charge in [-0.3, -0.25) is 4.98 Å². The first-order valence-electron chi connectivity index (χ1n) is 7.38. The van der Waals surface area contributed by atoms with Crippen LogP contribution >= 0.6 is 11.6 Å². The number of aromatic amines is 1. The van der Waals surface area contributed by atoms with Gasteiger partial charge in [-0.2, -0.15) is 4.98 Å². The van der Waals surface area contributed by atoms with E-state index in [1.54, 1.807) is 6.20 Å². The van der Waals surface area contributed by atoms with Crippen LogP contribution in [0.4, 0.5) is 5.82 Å².